The topological polar surface area (TPSA) is 74.5 Å². The molecule has 1 aromatic heterocycles. The van der Waals surface area contributed by atoms with Crippen LogP contribution in [-0.4, -0.2) is 40.5 Å². The zero-order valence-electron chi connectivity index (χ0n) is 18.1. The third-order valence-electron chi connectivity index (χ3n) is 4.74. The normalized spacial score (nSPS) is 14.6. The Balaban J connectivity index is 1.92. The minimum Gasteiger partial charge on any atom is -0.383 e. The molecule has 0 amide bonds. The maximum Gasteiger partial charge on any atom is 0.191 e. The number of aliphatic hydroxyl groups is 1. The third kappa shape index (κ3) is 6.37. The van der Waals surface area contributed by atoms with Crippen molar-refractivity contribution in [2.45, 2.75) is 52.1 Å². The highest BCUT2D eigenvalue weighted by Crippen LogP contribution is 2.22. The van der Waals surface area contributed by atoms with Crippen LogP contribution in [0.4, 0.5) is 0 Å². The summed E-state index contributed by atoms with van der Waals surface area (Å²) in [4.78, 5) is 4.56. The Bertz CT molecular complexity index is 769. The Morgan fingerprint density at radius 3 is 2.32 bits per heavy atom. The maximum absolute atomic E-state index is 10.7. The summed E-state index contributed by atoms with van der Waals surface area (Å²) in [6.07, 6.45) is 4.40. The molecule has 0 aliphatic heterocycles. The molecule has 0 fully saturated rings. The van der Waals surface area contributed by atoms with Gasteiger partial charge < -0.3 is 15.7 Å². The highest BCUT2D eigenvalue weighted by molar-refractivity contribution is 5.79. The second-order valence-electron chi connectivity index (χ2n) is 8.50. The Kier molecular flexibility index (Phi) is 7.24. The molecule has 0 aliphatic rings. The molecule has 1 heterocycles. The van der Waals surface area contributed by atoms with Crippen molar-refractivity contribution in [3.8, 4) is 0 Å². The number of hydrogen-bond donors (Lipinski definition) is 3. The lowest BCUT2D eigenvalue weighted by molar-refractivity contribution is 0.0672. The van der Waals surface area contributed by atoms with Crippen molar-refractivity contribution in [3.63, 3.8) is 0 Å². The Morgan fingerprint density at radius 2 is 1.79 bits per heavy atom. The van der Waals surface area contributed by atoms with Crippen LogP contribution >= 0.6 is 0 Å². The number of nitrogens with zero attached hydrogens (tertiary/aromatic N) is 3. The van der Waals surface area contributed by atoms with E-state index in [0.29, 0.717) is 5.96 Å². The van der Waals surface area contributed by atoms with Crippen molar-refractivity contribution in [1.29, 1.82) is 0 Å². The van der Waals surface area contributed by atoms with E-state index in [0.717, 1.165) is 25.1 Å². The van der Waals surface area contributed by atoms with Crippen LogP contribution < -0.4 is 10.6 Å². The molecule has 2 aromatic rings. The molecule has 1 aromatic carbocycles. The van der Waals surface area contributed by atoms with Gasteiger partial charge >= 0.3 is 0 Å². The predicted octanol–water partition coefficient (Wildman–Crippen LogP) is 2.72. The first-order chi connectivity index (χ1) is 13.1. The Labute approximate surface area is 169 Å². The zero-order chi connectivity index (χ0) is 20.8. The van der Waals surface area contributed by atoms with Gasteiger partial charge in [0.1, 0.15) is 5.60 Å². The molecule has 0 spiro atoms. The largest absolute Gasteiger partial charge is 0.383 e. The molecular formula is C22H35N5O. The maximum atomic E-state index is 10.7. The molecule has 0 saturated heterocycles. The van der Waals surface area contributed by atoms with Gasteiger partial charge in [-0.25, -0.2) is 4.99 Å². The van der Waals surface area contributed by atoms with Crippen LogP contribution in [0.25, 0.3) is 0 Å². The number of hydrogen-bond acceptors (Lipinski definition) is 3. The van der Waals surface area contributed by atoms with Crippen LogP contribution in [-0.2, 0) is 24.5 Å². The van der Waals surface area contributed by atoms with E-state index in [1.807, 2.05) is 20.2 Å². The molecule has 154 valence electrons. The quantitative estimate of drug-likeness (QED) is 0.506. The number of aromatic nitrogens is 2. The highest BCUT2D eigenvalue weighted by atomic mass is 16.3. The van der Waals surface area contributed by atoms with Gasteiger partial charge in [0, 0.05) is 31.9 Å². The van der Waals surface area contributed by atoms with E-state index in [-0.39, 0.29) is 12.0 Å². The Morgan fingerprint density at radius 1 is 1.11 bits per heavy atom. The van der Waals surface area contributed by atoms with Gasteiger partial charge in [-0.2, -0.15) is 5.10 Å². The van der Waals surface area contributed by atoms with Crippen LogP contribution in [0.15, 0.2) is 41.7 Å². The summed E-state index contributed by atoms with van der Waals surface area (Å²) in [6, 6.07) is 8.80. The second-order valence-corrected chi connectivity index (χ2v) is 8.50. The van der Waals surface area contributed by atoms with Crippen LogP contribution in [0.5, 0.6) is 0 Å². The molecule has 1 atom stereocenters. The van der Waals surface area contributed by atoms with Crippen molar-refractivity contribution >= 4 is 5.96 Å². The zero-order valence-corrected chi connectivity index (χ0v) is 18.1. The summed E-state index contributed by atoms with van der Waals surface area (Å²) in [5.41, 5.74) is 2.51. The SMILES string of the molecule is CCNC(=NCC(C)(O)c1cnn(C)c1)NCCc1ccc(C(C)(C)C)cc1. The molecule has 0 aliphatic carbocycles. The summed E-state index contributed by atoms with van der Waals surface area (Å²) >= 11 is 0. The van der Waals surface area contributed by atoms with E-state index >= 15 is 0 Å². The van der Waals surface area contributed by atoms with Gasteiger partial charge in [-0.3, -0.25) is 4.68 Å². The molecule has 0 saturated carbocycles. The summed E-state index contributed by atoms with van der Waals surface area (Å²) < 4.78 is 1.68. The summed E-state index contributed by atoms with van der Waals surface area (Å²) in [6.45, 7) is 12.3. The number of rotatable bonds is 7. The highest BCUT2D eigenvalue weighted by Gasteiger charge is 2.24. The average Bonchev–Trinajstić information content (AvgIpc) is 3.07. The number of aryl methyl sites for hydroxylation is 1. The fourth-order valence-corrected chi connectivity index (χ4v) is 2.86. The second kappa shape index (κ2) is 9.24. The van der Waals surface area contributed by atoms with Crippen LogP contribution in [0.1, 0.15) is 51.3 Å². The summed E-state index contributed by atoms with van der Waals surface area (Å²) in [5, 5.41) is 21.4. The molecule has 6 heteroatoms. The number of aliphatic imine (C=N–C) groups is 1. The van der Waals surface area contributed by atoms with Crippen molar-refractivity contribution in [3.05, 3.63) is 53.3 Å². The van der Waals surface area contributed by atoms with E-state index in [9.17, 15) is 5.11 Å². The summed E-state index contributed by atoms with van der Waals surface area (Å²) in [7, 11) is 1.84. The molecule has 1 unspecified atom stereocenters. The fraction of sp³-hybridized carbons (Fsp3) is 0.545. The summed E-state index contributed by atoms with van der Waals surface area (Å²) in [5.74, 6) is 0.706. The molecule has 0 radical (unpaired) electrons. The van der Waals surface area contributed by atoms with Crippen LogP contribution in [0.2, 0.25) is 0 Å². The van der Waals surface area contributed by atoms with E-state index < -0.39 is 5.60 Å². The minimum atomic E-state index is -1.06. The van der Waals surface area contributed by atoms with E-state index in [1.54, 1.807) is 17.8 Å². The lowest BCUT2D eigenvalue weighted by Crippen LogP contribution is -2.39. The molecule has 28 heavy (non-hydrogen) atoms. The van der Waals surface area contributed by atoms with Crippen molar-refractivity contribution in [2.75, 3.05) is 19.6 Å². The lowest BCUT2D eigenvalue weighted by Gasteiger charge is -2.21. The van der Waals surface area contributed by atoms with Crippen LogP contribution in [0, 0.1) is 0 Å². The van der Waals surface area contributed by atoms with Gasteiger partial charge in [0.05, 0.1) is 12.7 Å². The van der Waals surface area contributed by atoms with Gasteiger partial charge in [-0.05, 0) is 36.8 Å². The number of benzene rings is 1. The van der Waals surface area contributed by atoms with Crippen LogP contribution in [0.3, 0.4) is 0 Å². The van der Waals surface area contributed by atoms with Crippen molar-refractivity contribution < 1.29 is 5.11 Å². The monoisotopic (exact) mass is 385 g/mol. The smallest absolute Gasteiger partial charge is 0.191 e. The number of nitrogens with one attached hydrogen (secondary N) is 2. The minimum absolute atomic E-state index is 0.173. The standard InChI is InChI=1S/C22H35N5O/c1-7-23-20(25-16-22(5,28)19-14-26-27(6)15-19)24-13-12-17-8-10-18(11-9-17)21(2,3)4/h8-11,14-15,28H,7,12-13,16H2,1-6H3,(H2,23,24,25). The predicted molar refractivity (Wildman–Crippen MR) is 116 cm³/mol. The van der Waals surface area contributed by atoms with Gasteiger partial charge in [0.25, 0.3) is 0 Å². The van der Waals surface area contributed by atoms with Crippen molar-refractivity contribution in [1.82, 2.24) is 20.4 Å². The third-order valence-corrected chi connectivity index (χ3v) is 4.74. The van der Waals surface area contributed by atoms with Gasteiger partial charge in [0.15, 0.2) is 5.96 Å². The average molecular weight is 386 g/mol. The molecule has 3 N–H and O–H groups in total. The van der Waals surface area contributed by atoms with Crippen molar-refractivity contribution in [2.24, 2.45) is 12.0 Å². The molecule has 6 nitrogen and oxygen atoms in total. The lowest BCUT2D eigenvalue weighted by atomic mass is 9.86. The van der Waals surface area contributed by atoms with E-state index in [1.165, 1.54) is 11.1 Å². The first-order valence-electron chi connectivity index (χ1n) is 9.95. The van der Waals surface area contributed by atoms with E-state index in [4.69, 9.17) is 0 Å². The first-order valence-corrected chi connectivity index (χ1v) is 9.95. The molecule has 0 bridgehead atoms. The Hall–Kier alpha value is -2.34. The van der Waals surface area contributed by atoms with Gasteiger partial charge in [0.2, 0.25) is 0 Å². The molecular weight excluding hydrogens is 350 g/mol. The number of guanidine groups is 1. The van der Waals surface area contributed by atoms with Gasteiger partial charge in [-0.15, -0.1) is 0 Å². The first kappa shape index (κ1) is 22.0. The van der Waals surface area contributed by atoms with Gasteiger partial charge in [-0.1, -0.05) is 45.0 Å². The van der Waals surface area contributed by atoms with E-state index in [2.05, 4.69) is 65.8 Å². The fourth-order valence-electron chi connectivity index (χ4n) is 2.86. The molecule has 2 rings (SSSR count).